The van der Waals surface area contributed by atoms with E-state index in [4.69, 9.17) is 5.73 Å². The first-order valence-electron chi connectivity index (χ1n) is 8.87. The van der Waals surface area contributed by atoms with Crippen LogP contribution in [0.3, 0.4) is 0 Å². The van der Waals surface area contributed by atoms with Gasteiger partial charge in [-0.3, -0.25) is 4.79 Å². The highest BCUT2D eigenvalue weighted by Crippen LogP contribution is 2.26. The zero-order valence-corrected chi connectivity index (χ0v) is 17.6. The molecular weight excluding hydrogens is 468 g/mol. The number of aromatic hydroxyl groups is 1. The van der Waals surface area contributed by atoms with E-state index in [0.29, 0.717) is 16.8 Å². The maximum Gasteiger partial charge on any atom is 0.294 e. The highest BCUT2D eigenvalue weighted by molar-refractivity contribution is 9.10. The second-order valence-corrected chi connectivity index (χ2v) is 7.36. The molecule has 2 aromatic carbocycles. The van der Waals surface area contributed by atoms with Gasteiger partial charge in [0.15, 0.2) is 5.69 Å². The van der Waals surface area contributed by atoms with Gasteiger partial charge in [-0.2, -0.15) is 9.78 Å². The van der Waals surface area contributed by atoms with Crippen LogP contribution in [-0.4, -0.2) is 42.5 Å². The third-order valence-electron chi connectivity index (χ3n) is 4.27. The summed E-state index contributed by atoms with van der Waals surface area (Å²) in [6.07, 6.45) is 1.31. The van der Waals surface area contributed by atoms with E-state index in [1.54, 1.807) is 12.1 Å². The second kappa shape index (κ2) is 8.36. The number of hydrazone groups is 1. The molecule has 0 aliphatic rings. The quantitative estimate of drug-likeness (QED) is 0.289. The number of nitrogens with zero attached hydrogens (tertiary/aromatic N) is 6. The number of aryl methyl sites for hydroxylation is 1. The fourth-order valence-corrected chi connectivity index (χ4v) is 3.11. The van der Waals surface area contributed by atoms with E-state index in [1.165, 1.54) is 17.0 Å². The number of carbonyl (C=O) groups excluding carboxylic acids is 1. The van der Waals surface area contributed by atoms with Crippen LogP contribution in [0.25, 0.3) is 17.1 Å². The van der Waals surface area contributed by atoms with Crippen molar-refractivity contribution in [2.24, 2.45) is 5.10 Å². The number of benzene rings is 2. The summed E-state index contributed by atoms with van der Waals surface area (Å²) in [5.74, 6) is -0.512. The average Bonchev–Trinajstić information content (AvgIpc) is 3.37. The molecule has 1 amide bonds. The molecule has 4 N–H and O–H groups in total. The van der Waals surface area contributed by atoms with Crippen LogP contribution in [0.15, 0.2) is 56.7 Å². The lowest BCUT2D eigenvalue weighted by atomic mass is 10.1. The van der Waals surface area contributed by atoms with Crippen LogP contribution in [0.4, 0.5) is 5.82 Å². The summed E-state index contributed by atoms with van der Waals surface area (Å²) in [6, 6.07) is 12.2. The Morgan fingerprint density at radius 2 is 2.03 bits per heavy atom. The number of phenols is 1. The molecule has 12 heteroatoms. The number of hydrogen-bond donors (Lipinski definition) is 3. The molecule has 0 bridgehead atoms. The van der Waals surface area contributed by atoms with Crippen LogP contribution in [0.2, 0.25) is 0 Å². The number of nitrogen functional groups attached to an aromatic ring is 1. The Morgan fingerprint density at radius 3 is 2.74 bits per heavy atom. The first kappa shape index (κ1) is 20.2. The van der Waals surface area contributed by atoms with Gasteiger partial charge in [0.05, 0.1) is 6.21 Å². The number of rotatable bonds is 5. The third kappa shape index (κ3) is 4.14. The van der Waals surface area contributed by atoms with Gasteiger partial charge in [-0.1, -0.05) is 51.0 Å². The van der Waals surface area contributed by atoms with Gasteiger partial charge in [-0.25, -0.2) is 10.1 Å². The van der Waals surface area contributed by atoms with Gasteiger partial charge in [0.2, 0.25) is 11.6 Å². The minimum Gasteiger partial charge on any atom is -0.507 e. The zero-order chi connectivity index (χ0) is 22.0. The standard InChI is InChI=1S/C19H15BrN8O3/c1-10-2-4-11(5-3-10)16-15(23-27-28(16)18-17(21)25-31-26-18)19(30)24-22-9-12-8-13(20)6-7-14(12)29/h2-9,29H,1H3,(H2,21,25)(H,24,30)/b22-9-. The van der Waals surface area contributed by atoms with E-state index in [2.05, 4.69) is 51.7 Å². The van der Waals surface area contributed by atoms with E-state index in [0.717, 1.165) is 10.0 Å². The van der Waals surface area contributed by atoms with E-state index in [-0.39, 0.29) is 23.1 Å². The van der Waals surface area contributed by atoms with Crippen molar-refractivity contribution < 1.29 is 14.5 Å². The van der Waals surface area contributed by atoms with Crippen molar-refractivity contribution in [1.29, 1.82) is 0 Å². The first-order valence-corrected chi connectivity index (χ1v) is 9.66. The molecule has 0 aliphatic heterocycles. The molecule has 4 rings (SSSR count). The first-order chi connectivity index (χ1) is 14.9. The van der Waals surface area contributed by atoms with Crippen LogP contribution >= 0.6 is 15.9 Å². The van der Waals surface area contributed by atoms with Gasteiger partial charge >= 0.3 is 0 Å². The highest BCUT2D eigenvalue weighted by Gasteiger charge is 2.25. The second-order valence-electron chi connectivity index (χ2n) is 6.44. The highest BCUT2D eigenvalue weighted by atomic mass is 79.9. The molecule has 156 valence electrons. The lowest BCUT2D eigenvalue weighted by Gasteiger charge is -2.06. The summed E-state index contributed by atoms with van der Waals surface area (Å²) < 4.78 is 6.67. The molecule has 4 aromatic rings. The lowest BCUT2D eigenvalue weighted by molar-refractivity contribution is 0.0950. The predicted molar refractivity (Wildman–Crippen MR) is 115 cm³/mol. The predicted octanol–water partition coefficient (Wildman–Crippen LogP) is 2.44. The number of aromatic nitrogens is 5. The van der Waals surface area contributed by atoms with Crippen molar-refractivity contribution in [3.8, 4) is 22.8 Å². The van der Waals surface area contributed by atoms with E-state index >= 15 is 0 Å². The van der Waals surface area contributed by atoms with E-state index < -0.39 is 5.91 Å². The van der Waals surface area contributed by atoms with Crippen molar-refractivity contribution in [1.82, 2.24) is 30.7 Å². The summed E-state index contributed by atoms with van der Waals surface area (Å²) in [6.45, 7) is 1.94. The SMILES string of the molecule is Cc1ccc(-c2c(C(=O)N/N=C\c3cc(Br)ccc3O)nnn2-c2nonc2N)cc1. The lowest BCUT2D eigenvalue weighted by Crippen LogP contribution is -2.19. The molecule has 0 aliphatic carbocycles. The van der Waals surface area contributed by atoms with Crippen molar-refractivity contribution >= 4 is 33.9 Å². The van der Waals surface area contributed by atoms with Crippen LogP contribution in [0, 0.1) is 6.92 Å². The summed E-state index contributed by atoms with van der Waals surface area (Å²) >= 11 is 3.31. The van der Waals surface area contributed by atoms with Crippen molar-refractivity contribution in [2.45, 2.75) is 6.92 Å². The smallest absolute Gasteiger partial charge is 0.294 e. The molecule has 0 atom stereocenters. The van der Waals surface area contributed by atoms with Gasteiger partial charge in [-0.15, -0.1) is 5.10 Å². The molecule has 11 nitrogen and oxygen atoms in total. The average molecular weight is 483 g/mol. The Kier molecular flexibility index (Phi) is 5.45. The van der Waals surface area contributed by atoms with Crippen molar-refractivity contribution in [2.75, 3.05) is 5.73 Å². The van der Waals surface area contributed by atoms with Gasteiger partial charge in [0.1, 0.15) is 11.4 Å². The molecule has 0 unspecified atom stereocenters. The number of anilines is 1. The Hall–Kier alpha value is -4.06. The summed E-state index contributed by atoms with van der Waals surface area (Å²) in [5.41, 5.74) is 10.6. The zero-order valence-electron chi connectivity index (χ0n) is 16.0. The molecule has 2 heterocycles. The molecular formula is C19H15BrN8O3. The van der Waals surface area contributed by atoms with Crippen LogP contribution in [0.5, 0.6) is 5.75 Å². The Morgan fingerprint density at radius 1 is 1.26 bits per heavy atom. The maximum atomic E-state index is 12.8. The summed E-state index contributed by atoms with van der Waals surface area (Å²) in [5, 5.41) is 29.0. The molecule has 0 saturated heterocycles. The minimum atomic E-state index is -0.623. The monoisotopic (exact) mass is 482 g/mol. The molecule has 0 fully saturated rings. The maximum absolute atomic E-state index is 12.8. The van der Waals surface area contributed by atoms with Crippen LogP contribution in [-0.2, 0) is 0 Å². The van der Waals surface area contributed by atoms with E-state index in [1.807, 2.05) is 31.2 Å². The molecule has 0 radical (unpaired) electrons. The van der Waals surface area contributed by atoms with Crippen LogP contribution < -0.4 is 11.2 Å². The number of carbonyl (C=O) groups is 1. The third-order valence-corrected chi connectivity index (χ3v) is 4.76. The Balaban J connectivity index is 1.69. The van der Waals surface area contributed by atoms with Gasteiger partial charge in [0, 0.05) is 15.6 Å². The van der Waals surface area contributed by atoms with E-state index in [9.17, 15) is 9.90 Å². The normalized spacial score (nSPS) is 11.2. The number of amides is 1. The Bertz CT molecular complexity index is 1280. The van der Waals surface area contributed by atoms with Crippen molar-refractivity contribution in [3.05, 3.63) is 63.8 Å². The molecule has 0 saturated carbocycles. The fourth-order valence-electron chi connectivity index (χ4n) is 2.73. The number of nitrogens with one attached hydrogen (secondary N) is 1. The van der Waals surface area contributed by atoms with Gasteiger partial charge in [-0.05, 0) is 35.4 Å². The van der Waals surface area contributed by atoms with Crippen molar-refractivity contribution in [3.63, 3.8) is 0 Å². The topological polar surface area (TPSA) is 157 Å². The number of nitrogens with two attached hydrogens (primary N) is 1. The number of halogens is 1. The van der Waals surface area contributed by atoms with Crippen LogP contribution in [0.1, 0.15) is 21.6 Å². The number of phenolic OH excluding ortho intramolecular Hbond substituents is 1. The minimum absolute atomic E-state index is 0.00614. The van der Waals surface area contributed by atoms with Gasteiger partial charge in [0.25, 0.3) is 5.91 Å². The molecule has 2 aromatic heterocycles. The number of hydrogen-bond acceptors (Lipinski definition) is 9. The molecule has 0 spiro atoms. The largest absolute Gasteiger partial charge is 0.507 e. The summed E-state index contributed by atoms with van der Waals surface area (Å²) in [4.78, 5) is 12.8. The fraction of sp³-hybridized carbons (Fsp3) is 0.0526. The molecule has 31 heavy (non-hydrogen) atoms. The summed E-state index contributed by atoms with van der Waals surface area (Å²) in [7, 11) is 0. The van der Waals surface area contributed by atoms with Gasteiger partial charge < -0.3 is 10.8 Å². The Labute approximate surface area is 183 Å².